The van der Waals surface area contributed by atoms with Crippen LogP contribution in [0, 0.1) is 0 Å². The van der Waals surface area contributed by atoms with Gasteiger partial charge in [-0.25, -0.2) is 0 Å². The molecule has 1 unspecified atom stereocenters. The van der Waals surface area contributed by atoms with Gasteiger partial charge in [0.15, 0.2) is 0 Å². The van der Waals surface area contributed by atoms with E-state index in [9.17, 15) is 4.79 Å². The van der Waals surface area contributed by atoms with E-state index in [1.165, 1.54) is 0 Å². The van der Waals surface area contributed by atoms with Gasteiger partial charge in [-0.05, 0) is 42.5 Å². The molecule has 1 aliphatic heterocycles. The molecule has 0 spiro atoms. The number of amides is 1. The van der Waals surface area contributed by atoms with E-state index < -0.39 is 0 Å². The van der Waals surface area contributed by atoms with Crippen molar-refractivity contribution < 1.29 is 4.79 Å². The molecule has 3 N–H and O–H groups in total. The fraction of sp³-hybridized carbons (Fsp3) is 0.438. The summed E-state index contributed by atoms with van der Waals surface area (Å²) in [6, 6.07) is 5.81. The molecule has 22 heavy (non-hydrogen) atoms. The van der Waals surface area contributed by atoms with E-state index >= 15 is 0 Å². The zero-order valence-electron chi connectivity index (χ0n) is 12.6. The Kier molecular flexibility index (Phi) is 4.49. The summed E-state index contributed by atoms with van der Waals surface area (Å²) in [6.45, 7) is 3.96. The van der Waals surface area contributed by atoms with Crippen molar-refractivity contribution in [1.29, 1.82) is 0 Å². The summed E-state index contributed by atoms with van der Waals surface area (Å²) in [4.78, 5) is 11.8. The third-order valence-electron chi connectivity index (χ3n) is 4.08. The molecule has 0 bridgehead atoms. The van der Waals surface area contributed by atoms with Crippen LogP contribution in [0.1, 0.15) is 50.8 Å². The number of aryl methyl sites for hydroxylation is 1. The van der Waals surface area contributed by atoms with Crippen LogP contribution < -0.4 is 11.1 Å². The summed E-state index contributed by atoms with van der Waals surface area (Å²) in [5, 5.41) is 13.8. The van der Waals surface area contributed by atoms with Crippen LogP contribution in [0.3, 0.4) is 0 Å². The Balaban J connectivity index is 1.98. The van der Waals surface area contributed by atoms with Gasteiger partial charge < -0.3 is 11.1 Å². The molecule has 0 saturated carbocycles. The van der Waals surface area contributed by atoms with E-state index in [1.54, 1.807) is 11.3 Å². The summed E-state index contributed by atoms with van der Waals surface area (Å²) >= 11 is 1.64. The Morgan fingerprint density at radius 3 is 2.86 bits per heavy atom. The normalized spacial score (nSPS) is 17.8. The first-order chi connectivity index (χ1) is 10.7. The Morgan fingerprint density at radius 2 is 2.23 bits per heavy atom. The molecule has 1 saturated heterocycles. The SMILES string of the molecule is CCc1nnc(Cc2cccc(C(N)=O)c2C2CCNC2)s1. The Bertz CT molecular complexity index is 677. The van der Waals surface area contributed by atoms with Crippen molar-refractivity contribution in [2.75, 3.05) is 13.1 Å². The van der Waals surface area contributed by atoms with Crippen molar-refractivity contribution in [2.45, 2.75) is 32.1 Å². The quantitative estimate of drug-likeness (QED) is 0.882. The lowest BCUT2D eigenvalue weighted by Gasteiger charge is -2.17. The monoisotopic (exact) mass is 316 g/mol. The van der Waals surface area contributed by atoms with Gasteiger partial charge in [-0.1, -0.05) is 19.1 Å². The number of carbonyl (C=O) groups is 1. The van der Waals surface area contributed by atoms with Gasteiger partial charge in [0.2, 0.25) is 5.91 Å². The number of rotatable bonds is 5. The van der Waals surface area contributed by atoms with Crippen LogP contribution in [0.2, 0.25) is 0 Å². The van der Waals surface area contributed by atoms with E-state index in [0.717, 1.165) is 47.1 Å². The number of aromatic nitrogens is 2. The molecule has 5 nitrogen and oxygen atoms in total. The van der Waals surface area contributed by atoms with Crippen molar-refractivity contribution in [3.8, 4) is 0 Å². The lowest BCUT2D eigenvalue weighted by atomic mass is 9.87. The third-order valence-corrected chi connectivity index (χ3v) is 5.15. The molecule has 0 radical (unpaired) electrons. The van der Waals surface area contributed by atoms with Crippen LogP contribution in [0.4, 0.5) is 0 Å². The Morgan fingerprint density at radius 1 is 1.41 bits per heavy atom. The molecule has 1 amide bonds. The number of benzene rings is 1. The van der Waals surface area contributed by atoms with Crippen LogP contribution in [-0.4, -0.2) is 29.2 Å². The van der Waals surface area contributed by atoms with Crippen LogP contribution >= 0.6 is 11.3 Å². The molecule has 3 rings (SSSR count). The first-order valence-electron chi connectivity index (χ1n) is 7.62. The molecule has 2 heterocycles. The van der Waals surface area contributed by atoms with E-state index in [4.69, 9.17) is 5.73 Å². The fourth-order valence-electron chi connectivity index (χ4n) is 3.03. The van der Waals surface area contributed by atoms with Crippen molar-refractivity contribution in [1.82, 2.24) is 15.5 Å². The van der Waals surface area contributed by atoms with Crippen LogP contribution in [-0.2, 0) is 12.8 Å². The van der Waals surface area contributed by atoms with Gasteiger partial charge in [0.25, 0.3) is 0 Å². The highest BCUT2D eigenvalue weighted by Gasteiger charge is 2.24. The number of nitrogens with two attached hydrogens (primary N) is 1. The van der Waals surface area contributed by atoms with E-state index in [-0.39, 0.29) is 5.91 Å². The van der Waals surface area contributed by atoms with Gasteiger partial charge in [0.1, 0.15) is 10.0 Å². The second-order valence-electron chi connectivity index (χ2n) is 5.55. The molecular weight excluding hydrogens is 296 g/mol. The third kappa shape index (κ3) is 3.03. The molecular formula is C16H20N4OS. The van der Waals surface area contributed by atoms with Gasteiger partial charge >= 0.3 is 0 Å². The number of hydrogen-bond acceptors (Lipinski definition) is 5. The predicted octanol–water partition coefficient (Wildman–Crippen LogP) is 1.87. The van der Waals surface area contributed by atoms with E-state index in [1.807, 2.05) is 12.1 Å². The molecule has 2 aromatic rings. The highest BCUT2D eigenvalue weighted by atomic mass is 32.1. The van der Waals surface area contributed by atoms with Gasteiger partial charge in [0.05, 0.1) is 0 Å². The molecule has 0 aliphatic carbocycles. The first kappa shape index (κ1) is 15.1. The molecule has 1 fully saturated rings. The second-order valence-corrected chi connectivity index (χ2v) is 6.70. The molecule has 1 atom stereocenters. The highest BCUT2D eigenvalue weighted by Crippen LogP contribution is 2.31. The van der Waals surface area contributed by atoms with Gasteiger partial charge in [-0.2, -0.15) is 0 Å². The molecule has 1 aliphatic rings. The molecule has 1 aromatic heterocycles. The average Bonchev–Trinajstić information content (AvgIpc) is 3.18. The standard InChI is InChI=1S/C16H20N4OS/c1-2-13-19-20-14(22-13)8-10-4-3-5-12(16(17)21)15(10)11-6-7-18-9-11/h3-5,11,18H,2,6-9H2,1H3,(H2,17,21). The fourth-order valence-corrected chi connectivity index (χ4v) is 3.84. The van der Waals surface area contributed by atoms with Gasteiger partial charge in [-0.3, -0.25) is 4.79 Å². The lowest BCUT2D eigenvalue weighted by Crippen LogP contribution is -2.18. The minimum absolute atomic E-state index is 0.345. The maximum absolute atomic E-state index is 11.8. The molecule has 1 aromatic carbocycles. The number of nitrogens with zero attached hydrogens (tertiary/aromatic N) is 2. The molecule has 116 valence electrons. The number of nitrogens with one attached hydrogen (secondary N) is 1. The first-order valence-corrected chi connectivity index (χ1v) is 8.44. The van der Waals surface area contributed by atoms with Crippen molar-refractivity contribution >= 4 is 17.2 Å². The minimum atomic E-state index is -0.352. The summed E-state index contributed by atoms with van der Waals surface area (Å²) in [5.74, 6) is -0.00692. The molecule has 6 heteroatoms. The number of primary amides is 1. The van der Waals surface area contributed by atoms with Crippen LogP contribution in [0.25, 0.3) is 0 Å². The van der Waals surface area contributed by atoms with E-state index in [2.05, 4.69) is 28.5 Å². The maximum Gasteiger partial charge on any atom is 0.248 e. The minimum Gasteiger partial charge on any atom is -0.366 e. The predicted molar refractivity (Wildman–Crippen MR) is 87.3 cm³/mol. The lowest BCUT2D eigenvalue weighted by molar-refractivity contribution is 0.0999. The smallest absolute Gasteiger partial charge is 0.248 e. The average molecular weight is 316 g/mol. The van der Waals surface area contributed by atoms with Crippen molar-refractivity contribution in [2.24, 2.45) is 5.73 Å². The zero-order chi connectivity index (χ0) is 15.5. The second kappa shape index (κ2) is 6.54. The van der Waals surface area contributed by atoms with Crippen molar-refractivity contribution in [3.05, 3.63) is 44.9 Å². The van der Waals surface area contributed by atoms with Crippen LogP contribution in [0.15, 0.2) is 18.2 Å². The Labute approximate surface area is 134 Å². The van der Waals surface area contributed by atoms with E-state index in [0.29, 0.717) is 17.9 Å². The topological polar surface area (TPSA) is 80.9 Å². The summed E-state index contributed by atoms with van der Waals surface area (Å²) < 4.78 is 0. The Hall–Kier alpha value is -1.79. The summed E-state index contributed by atoms with van der Waals surface area (Å²) in [6.07, 6.45) is 2.65. The van der Waals surface area contributed by atoms with Crippen molar-refractivity contribution in [3.63, 3.8) is 0 Å². The van der Waals surface area contributed by atoms with Crippen LogP contribution in [0.5, 0.6) is 0 Å². The zero-order valence-corrected chi connectivity index (χ0v) is 13.4. The number of hydrogen-bond donors (Lipinski definition) is 2. The summed E-state index contributed by atoms with van der Waals surface area (Å²) in [5.41, 5.74) is 8.46. The number of carbonyl (C=O) groups excluding carboxylic acids is 1. The maximum atomic E-state index is 11.8. The van der Waals surface area contributed by atoms with Gasteiger partial charge in [0, 0.05) is 18.5 Å². The largest absolute Gasteiger partial charge is 0.366 e. The van der Waals surface area contributed by atoms with Gasteiger partial charge in [-0.15, -0.1) is 21.5 Å². The summed E-state index contributed by atoms with van der Waals surface area (Å²) in [7, 11) is 0. The highest BCUT2D eigenvalue weighted by molar-refractivity contribution is 7.11.